The van der Waals surface area contributed by atoms with Gasteiger partial charge in [-0.15, -0.1) is 0 Å². The Morgan fingerprint density at radius 2 is 1.88 bits per heavy atom. The van der Waals surface area contributed by atoms with Crippen molar-refractivity contribution in [1.82, 2.24) is 9.78 Å². The lowest BCUT2D eigenvalue weighted by Gasteiger charge is -2.15. The van der Waals surface area contributed by atoms with Crippen LogP contribution >= 0.6 is 0 Å². The smallest absolute Gasteiger partial charge is 0.160 e. The molecule has 0 aliphatic heterocycles. The normalized spacial score (nSPS) is 12.4. The molecule has 0 aliphatic carbocycles. The average Bonchev–Trinajstić information content (AvgIpc) is 2.42. The zero-order valence-electron chi connectivity index (χ0n) is 11.3. The molecule has 1 heterocycles. The summed E-state index contributed by atoms with van der Waals surface area (Å²) < 4.78 is 1.96. The Morgan fingerprint density at radius 1 is 1.31 bits per heavy atom. The van der Waals surface area contributed by atoms with Crippen molar-refractivity contribution in [3.63, 3.8) is 0 Å². The van der Waals surface area contributed by atoms with Crippen LogP contribution in [0.3, 0.4) is 0 Å². The van der Waals surface area contributed by atoms with Gasteiger partial charge in [0.2, 0.25) is 0 Å². The summed E-state index contributed by atoms with van der Waals surface area (Å²) in [7, 11) is 0. The number of aromatic nitrogens is 2. The van der Waals surface area contributed by atoms with Crippen LogP contribution in [0.15, 0.2) is 0 Å². The summed E-state index contributed by atoms with van der Waals surface area (Å²) in [5, 5.41) is 14.8. The Bertz CT molecular complexity index is 359. The maximum atomic E-state index is 10.3. The first-order valence-corrected chi connectivity index (χ1v) is 6.09. The van der Waals surface area contributed by atoms with Crippen LogP contribution in [0.1, 0.15) is 65.3 Å². The summed E-state index contributed by atoms with van der Waals surface area (Å²) in [6.45, 7) is 13.4. The molecule has 0 aliphatic rings. The van der Waals surface area contributed by atoms with E-state index in [4.69, 9.17) is 0 Å². The molecule has 3 nitrogen and oxygen atoms in total. The number of aromatic hydroxyl groups is 1. The van der Waals surface area contributed by atoms with Gasteiger partial charge in [-0.25, -0.2) is 0 Å². The fourth-order valence-corrected chi connectivity index (χ4v) is 1.92. The van der Waals surface area contributed by atoms with Gasteiger partial charge in [-0.1, -0.05) is 41.5 Å². The van der Waals surface area contributed by atoms with Crippen molar-refractivity contribution in [3.05, 3.63) is 11.4 Å². The Labute approximate surface area is 98.5 Å². The average molecular weight is 224 g/mol. The summed E-state index contributed by atoms with van der Waals surface area (Å²) in [5.74, 6) is 0.686. The second-order valence-electron chi connectivity index (χ2n) is 5.71. The molecular weight excluding hydrogens is 200 g/mol. The minimum atomic E-state index is -0.104. The fourth-order valence-electron chi connectivity index (χ4n) is 1.92. The Morgan fingerprint density at radius 3 is 2.25 bits per heavy atom. The molecule has 0 atom stereocenters. The van der Waals surface area contributed by atoms with Crippen LogP contribution in [0, 0.1) is 0 Å². The molecule has 16 heavy (non-hydrogen) atoms. The van der Waals surface area contributed by atoms with Gasteiger partial charge in [0.25, 0.3) is 0 Å². The highest BCUT2D eigenvalue weighted by Gasteiger charge is 2.27. The van der Waals surface area contributed by atoms with Crippen LogP contribution in [0.25, 0.3) is 0 Å². The van der Waals surface area contributed by atoms with Gasteiger partial charge in [0.05, 0.1) is 5.69 Å². The van der Waals surface area contributed by atoms with Crippen LogP contribution in [0.4, 0.5) is 0 Å². The van der Waals surface area contributed by atoms with Gasteiger partial charge in [0, 0.05) is 12.0 Å². The molecule has 0 amide bonds. The molecule has 0 radical (unpaired) electrons. The third-order valence-electron chi connectivity index (χ3n) is 2.66. The summed E-state index contributed by atoms with van der Waals surface area (Å²) in [5.41, 5.74) is 1.67. The van der Waals surface area contributed by atoms with Gasteiger partial charge < -0.3 is 5.11 Å². The molecular formula is C13H24N2O. The number of nitrogens with zero attached hydrogens (tertiary/aromatic N) is 2. The maximum Gasteiger partial charge on any atom is 0.160 e. The van der Waals surface area contributed by atoms with Crippen molar-refractivity contribution in [2.75, 3.05) is 0 Å². The largest absolute Gasteiger partial charge is 0.504 e. The van der Waals surface area contributed by atoms with E-state index in [1.807, 2.05) is 4.68 Å². The number of hydrogen-bond donors (Lipinski definition) is 1. The quantitative estimate of drug-likeness (QED) is 0.854. The first kappa shape index (κ1) is 13.1. The maximum absolute atomic E-state index is 10.3. The fraction of sp³-hybridized carbons (Fsp3) is 0.769. The molecule has 0 aromatic carbocycles. The van der Waals surface area contributed by atoms with Crippen molar-refractivity contribution < 1.29 is 5.11 Å². The molecule has 0 spiro atoms. The third kappa shape index (κ3) is 2.39. The Kier molecular flexibility index (Phi) is 3.66. The highest BCUT2D eigenvalue weighted by molar-refractivity contribution is 5.38. The van der Waals surface area contributed by atoms with E-state index in [1.165, 1.54) is 0 Å². The summed E-state index contributed by atoms with van der Waals surface area (Å²) in [6.07, 6.45) is 1.03. The molecule has 1 N–H and O–H groups in total. The zero-order chi connectivity index (χ0) is 12.5. The van der Waals surface area contributed by atoms with Gasteiger partial charge in [-0.2, -0.15) is 5.10 Å². The minimum Gasteiger partial charge on any atom is -0.504 e. The van der Waals surface area contributed by atoms with Crippen molar-refractivity contribution in [3.8, 4) is 5.75 Å². The van der Waals surface area contributed by atoms with E-state index in [2.05, 4.69) is 46.6 Å². The molecule has 92 valence electrons. The molecule has 3 heteroatoms. The molecule has 0 unspecified atom stereocenters. The molecule has 0 saturated heterocycles. The summed E-state index contributed by atoms with van der Waals surface area (Å²) >= 11 is 0. The minimum absolute atomic E-state index is 0.104. The van der Waals surface area contributed by atoms with E-state index in [0.29, 0.717) is 11.7 Å². The lowest BCUT2D eigenvalue weighted by Crippen LogP contribution is -2.13. The van der Waals surface area contributed by atoms with Crippen LogP contribution in [0.2, 0.25) is 0 Å². The predicted molar refractivity (Wildman–Crippen MR) is 67.0 cm³/mol. The van der Waals surface area contributed by atoms with Gasteiger partial charge >= 0.3 is 0 Å². The van der Waals surface area contributed by atoms with Gasteiger partial charge in [0.1, 0.15) is 5.69 Å². The first-order chi connectivity index (χ1) is 7.29. The third-order valence-corrected chi connectivity index (χ3v) is 2.66. The lowest BCUT2D eigenvalue weighted by atomic mass is 9.91. The summed E-state index contributed by atoms with van der Waals surface area (Å²) in [4.78, 5) is 0. The molecule has 0 fully saturated rings. The van der Waals surface area contributed by atoms with Gasteiger partial charge in [-0.05, 0) is 12.3 Å². The van der Waals surface area contributed by atoms with Crippen molar-refractivity contribution >= 4 is 0 Å². The van der Waals surface area contributed by atoms with E-state index >= 15 is 0 Å². The number of hydrogen-bond acceptors (Lipinski definition) is 2. The highest BCUT2D eigenvalue weighted by atomic mass is 16.3. The molecule has 1 rings (SSSR count). The predicted octanol–water partition coefficient (Wildman–Crippen LogP) is 3.42. The standard InChI is InChI=1S/C13H24N2O/c1-7-8-15-10(9(2)3)11(16)12(14-15)13(4,5)6/h9,16H,7-8H2,1-6H3. The van der Waals surface area contributed by atoms with Crippen molar-refractivity contribution in [1.29, 1.82) is 0 Å². The van der Waals surface area contributed by atoms with Crippen molar-refractivity contribution in [2.24, 2.45) is 0 Å². The Hall–Kier alpha value is -0.990. The molecule has 0 saturated carbocycles. The first-order valence-electron chi connectivity index (χ1n) is 6.09. The van der Waals surface area contributed by atoms with E-state index < -0.39 is 0 Å². The second kappa shape index (κ2) is 4.48. The van der Waals surface area contributed by atoms with Crippen LogP contribution < -0.4 is 0 Å². The lowest BCUT2D eigenvalue weighted by molar-refractivity contribution is 0.436. The second-order valence-corrected chi connectivity index (χ2v) is 5.71. The number of aryl methyl sites for hydroxylation is 1. The van der Waals surface area contributed by atoms with E-state index in [-0.39, 0.29) is 5.41 Å². The molecule has 1 aromatic rings. The highest BCUT2D eigenvalue weighted by Crippen LogP contribution is 2.35. The van der Waals surface area contributed by atoms with Crippen LogP contribution in [0.5, 0.6) is 5.75 Å². The topological polar surface area (TPSA) is 38.0 Å². The van der Waals surface area contributed by atoms with E-state index in [9.17, 15) is 5.11 Å². The van der Waals surface area contributed by atoms with Crippen molar-refractivity contribution in [2.45, 2.75) is 65.8 Å². The number of rotatable bonds is 3. The van der Waals surface area contributed by atoms with Crippen LogP contribution in [-0.4, -0.2) is 14.9 Å². The Balaban J connectivity index is 3.30. The van der Waals surface area contributed by atoms with Gasteiger partial charge in [-0.3, -0.25) is 4.68 Å². The molecule has 1 aromatic heterocycles. The van der Waals surface area contributed by atoms with Crippen LogP contribution in [-0.2, 0) is 12.0 Å². The van der Waals surface area contributed by atoms with Gasteiger partial charge in [0.15, 0.2) is 5.75 Å². The molecule has 0 bridgehead atoms. The monoisotopic (exact) mass is 224 g/mol. The SMILES string of the molecule is CCCn1nc(C(C)(C)C)c(O)c1C(C)C. The van der Waals surface area contributed by atoms with E-state index in [1.54, 1.807) is 0 Å². The zero-order valence-corrected chi connectivity index (χ0v) is 11.3. The van der Waals surface area contributed by atoms with E-state index in [0.717, 1.165) is 24.4 Å². The summed E-state index contributed by atoms with van der Waals surface area (Å²) in [6, 6.07) is 0.